The molecule has 0 radical (unpaired) electrons. The largest absolute Gasteiger partial charge is 0.316 e. The summed E-state index contributed by atoms with van der Waals surface area (Å²) in [6.45, 7) is 2.46. The predicted molar refractivity (Wildman–Crippen MR) is 92.5 cm³/mol. The standard InChI is InChI=1S/C14H25I2N/c15-13-11-17-10-9-14(13,16)12-7-5-3-1-2-4-6-8-12/h12-13,17H,1-11H2/t13-,14+/m1/s1. The maximum atomic E-state index is 3.56. The Hall–Kier alpha value is 1.42. The van der Waals surface area contributed by atoms with Gasteiger partial charge in [0.1, 0.15) is 0 Å². The summed E-state index contributed by atoms with van der Waals surface area (Å²) in [5.74, 6) is 0.977. The second kappa shape index (κ2) is 7.27. The van der Waals surface area contributed by atoms with E-state index in [0.29, 0.717) is 3.42 Å². The minimum Gasteiger partial charge on any atom is -0.316 e. The van der Waals surface area contributed by atoms with Crippen molar-refractivity contribution < 1.29 is 0 Å². The molecule has 2 aliphatic rings. The van der Waals surface area contributed by atoms with Crippen LogP contribution in [0.3, 0.4) is 0 Å². The van der Waals surface area contributed by atoms with Crippen molar-refractivity contribution in [2.75, 3.05) is 13.1 Å². The first-order chi connectivity index (χ1) is 8.23. The number of halogens is 2. The van der Waals surface area contributed by atoms with Crippen LogP contribution in [-0.4, -0.2) is 20.4 Å². The van der Waals surface area contributed by atoms with E-state index < -0.39 is 0 Å². The van der Waals surface area contributed by atoms with Crippen molar-refractivity contribution in [3.63, 3.8) is 0 Å². The number of piperidine rings is 1. The molecular formula is C14H25I2N. The van der Waals surface area contributed by atoms with Gasteiger partial charge in [-0.05, 0) is 31.7 Å². The summed E-state index contributed by atoms with van der Waals surface area (Å²) >= 11 is 5.53. The number of nitrogens with one attached hydrogen (secondary N) is 1. The Morgan fingerprint density at radius 3 is 2.12 bits per heavy atom. The first-order valence-corrected chi connectivity index (χ1v) is 9.59. The number of alkyl halides is 2. The lowest BCUT2D eigenvalue weighted by molar-refractivity contribution is 0.291. The highest BCUT2D eigenvalue weighted by molar-refractivity contribution is 14.1. The Morgan fingerprint density at radius 1 is 0.941 bits per heavy atom. The second-order valence-electron chi connectivity index (χ2n) is 5.74. The maximum Gasteiger partial charge on any atom is 0.0392 e. The molecule has 1 aliphatic heterocycles. The molecule has 0 bridgehead atoms. The normalized spacial score (nSPS) is 38.1. The number of hydrogen-bond donors (Lipinski definition) is 1. The van der Waals surface area contributed by atoms with Crippen LogP contribution < -0.4 is 5.32 Å². The molecule has 0 amide bonds. The molecule has 0 aromatic rings. The van der Waals surface area contributed by atoms with Gasteiger partial charge in [-0.3, -0.25) is 0 Å². The van der Waals surface area contributed by atoms with Crippen molar-refractivity contribution in [1.29, 1.82) is 0 Å². The van der Waals surface area contributed by atoms with Gasteiger partial charge in [0.05, 0.1) is 0 Å². The third kappa shape index (κ3) is 3.94. The van der Waals surface area contributed by atoms with E-state index in [4.69, 9.17) is 0 Å². The molecule has 2 rings (SSSR count). The van der Waals surface area contributed by atoms with Gasteiger partial charge in [0.15, 0.2) is 0 Å². The molecule has 0 unspecified atom stereocenters. The Morgan fingerprint density at radius 2 is 1.53 bits per heavy atom. The Balaban J connectivity index is 2.00. The SMILES string of the molecule is I[C@@H]1CNCC[C@]1(I)C1CCCCCCCC1. The predicted octanol–water partition coefficient (Wildman–Crippen LogP) is 4.71. The molecule has 1 N–H and O–H groups in total. The smallest absolute Gasteiger partial charge is 0.0392 e. The molecule has 1 aliphatic carbocycles. The topological polar surface area (TPSA) is 12.0 Å². The highest BCUT2D eigenvalue weighted by Crippen LogP contribution is 2.45. The summed E-state index contributed by atoms with van der Waals surface area (Å²) in [5, 5.41) is 3.56. The molecule has 0 spiro atoms. The molecule has 1 saturated heterocycles. The monoisotopic (exact) mass is 461 g/mol. The van der Waals surface area contributed by atoms with Gasteiger partial charge in [-0.15, -0.1) is 0 Å². The first kappa shape index (κ1) is 14.8. The van der Waals surface area contributed by atoms with Gasteiger partial charge in [-0.25, -0.2) is 0 Å². The van der Waals surface area contributed by atoms with E-state index in [9.17, 15) is 0 Å². The zero-order valence-corrected chi connectivity index (χ0v) is 15.0. The van der Waals surface area contributed by atoms with Crippen molar-refractivity contribution in [3.8, 4) is 0 Å². The van der Waals surface area contributed by atoms with E-state index in [0.717, 1.165) is 9.84 Å². The van der Waals surface area contributed by atoms with Gasteiger partial charge in [0, 0.05) is 13.9 Å². The molecule has 0 aromatic heterocycles. The summed E-state index contributed by atoms with van der Waals surface area (Å²) < 4.78 is 1.40. The number of hydrogen-bond acceptors (Lipinski definition) is 1. The first-order valence-electron chi connectivity index (χ1n) is 7.27. The quantitative estimate of drug-likeness (QED) is 0.441. The van der Waals surface area contributed by atoms with Gasteiger partial charge in [0.2, 0.25) is 0 Å². The Labute approximate surface area is 134 Å². The minimum absolute atomic E-state index is 0.577. The van der Waals surface area contributed by atoms with Crippen LogP contribution in [0.4, 0.5) is 0 Å². The highest BCUT2D eigenvalue weighted by Gasteiger charge is 2.42. The molecule has 1 heterocycles. The fraction of sp³-hybridized carbons (Fsp3) is 1.00. The van der Waals surface area contributed by atoms with E-state index in [1.807, 2.05) is 0 Å². The summed E-state index contributed by atoms with van der Waals surface area (Å²) in [4.78, 5) is 0. The Kier molecular flexibility index (Phi) is 6.34. The minimum atomic E-state index is 0.577. The Bertz CT molecular complexity index is 224. The summed E-state index contributed by atoms with van der Waals surface area (Å²) in [7, 11) is 0. The zero-order chi connectivity index (χ0) is 12.1. The van der Waals surface area contributed by atoms with Crippen LogP contribution >= 0.6 is 45.2 Å². The van der Waals surface area contributed by atoms with Crippen molar-refractivity contribution in [2.24, 2.45) is 5.92 Å². The van der Waals surface area contributed by atoms with E-state index in [2.05, 4.69) is 50.5 Å². The van der Waals surface area contributed by atoms with Crippen LogP contribution in [0.1, 0.15) is 57.8 Å². The fourth-order valence-corrected chi connectivity index (χ4v) is 5.65. The summed E-state index contributed by atoms with van der Waals surface area (Å²) in [6, 6.07) is 0. The van der Waals surface area contributed by atoms with Crippen LogP contribution in [0.5, 0.6) is 0 Å². The average Bonchev–Trinajstić information content (AvgIpc) is 2.46. The van der Waals surface area contributed by atoms with Crippen LogP contribution in [-0.2, 0) is 0 Å². The van der Waals surface area contributed by atoms with Crippen molar-refractivity contribution in [3.05, 3.63) is 0 Å². The van der Waals surface area contributed by atoms with Crippen LogP contribution in [0.15, 0.2) is 0 Å². The van der Waals surface area contributed by atoms with Crippen molar-refractivity contribution in [2.45, 2.75) is 65.1 Å². The molecule has 1 saturated carbocycles. The van der Waals surface area contributed by atoms with Crippen molar-refractivity contribution in [1.82, 2.24) is 5.32 Å². The molecule has 3 heteroatoms. The number of rotatable bonds is 1. The third-order valence-corrected chi connectivity index (χ3v) is 9.48. The highest BCUT2D eigenvalue weighted by atomic mass is 127. The summed E-state index contributed by atoms with van der Waals surface area (Å²) in [5.41, 5.74) is 0. The van der Waals surface area contributed by atoms with Crippen LogP contribution in [0, 0.1) is 5.92 Å². The lowest BCUT2D eigenvalue weighted by atomic mass is 9.79. The summed E-state index contributed by atoms with van der Waals surface area (Å²) in [6.07, 6.45) is 13.2. The maximum absolute atomic E-state index is 3.56. The third-order valence-electron chi connectivity index (χ3n) is 4.56. The molecule has 17 heavy (non-hydrogen) atoms. The average molecular weight is 461 g/mol. The zero-order valence-electron chi connectivity index (χ0n) is 10.7. The fourth-order valence-electron chi connectivity index (χ4n) is 3.41. The van der Waals surface area contributed by atoms with Gasteiger partial charge in [-0.1, -0.05) is 83.7 Å². The van der Waals surface area contributed by atoms with Crippen LogP contribution in [0.2, 0.25) is 0 Å². The molecule has 0 aromatic carbocycles. The lowest BCUT2D eigenvalue weighted by Gasteiger charge is -2.43. The molecule has 100 valence electrons. The van der Waals surface area contributed by atoms with Gasteiger partial charge in [0.25, 0.3) is 0 Å². The van der Waals surface area contributed by atoms with Crippen LogP contribution in [0.25, 0.3) is 0 Å². The van der Waals surface area contributed by atoms with E-state index >= 15 is 0 Å². The van der Waals surface area contributed by atoms with Gasteiger partial charge >= 0.3 is 0 Å². The van der Waals surface area contributed by atoms with E-state index in [1.165, 1.54) is 70.9 Å². The molecule has 1 nitrogen and oxygen atoms in total. The van der Waals surface area contributed by atoms with E-state index in [1.54, 1.807) is 0 Å². The lowest BCUT2D eigenvalue weighted by Crippen LogP contribution is -2.51. The second-order valence-corrected chi connectivity index (χ2v) is 9.26. The van der Waals surface area contributed by atoms with Gasteiger partial charge in [-0.2, -0.15) is 0 Å². The molecule has 2 atom stereocenters. The molecule has 2 fully saturated rings. The van der Waals surface area contributed by atoms with E-state index in [-0.39, 0.29) is 0 Å². The van der Waals surface area contributed by atoms with Crippen molar-refractivity contribution >= 4 is 45.2 Å². The van der Waals surface area contributed by atoms with Gasteiger partial charge < -0.3 is 5.32 Å². The molecular weight excluding hydrogens is 436 g/mol.